The van der Waals surface area contributed by atoms with Crippen LogP contribution in [0.4, 0.5) is 0 Å². The molecule has 102 valence electrons. The summed E-state index contributed by atoms with van der Waals surface area (Å²) in [7, 11) is 0. The normalized spacial score (nSPS) is 27.4. The van der Waals surface area contributed by atoms with Crippen LogP contribution in [0, 0.1) is 5.92 Å². The van der Waals surface area contributed by atoms with Crippen LogP contribution in [0.25, 0.3) is 0 Å². The molecule has 3 fully saturated rings. The molecule has 1 N–H and O–H groups in total. The second-order valence-corrected chi connectivity index (χ2v) is 6.09. The summed E-state index contributed by atoms with van der Waals surface area (Å²) in [4.78, 5) is 16.7. The van der Waals surface area contributed by atoms with Crippen molar-refractivity contribution in [2.75, 3.05) is 39.3 Å². The molecule has 1 aliphatic carbocycles. The first-order valence-electron chi connectivity index (χ1n) is 7.55. The van der Waals surface area contributed by atoms with Gasteiger partial charge in [-0.1, -0.05) is 12.8 Å². The van der Waals surface area contributed by atoms with Crippen molar-refractivity contribution in [1.29, 1.82) is 0 Å². The van der Waals surface area contributed by atoms with Crippen molar-refractivity contribution in [1.82, 2.24) is 15.1 Å². The Morgan fingerprint density at radius 2 is 1.78 bits per heavy atom. The maximum absolute atomic E-state index is 12.1. The molecule has 0 radical (unpaired) electrons. The van der Waals surface area contributed by atoms with Crippen LogP contribution >= 0.6 is 0 Å². The molecule has 3 rings (SSSR count). The van der Waals surface area contributed by atoms with Gasteiger partial charge in [0.05, 0.1) is 0 Å². The minimum Gasteiger partial charge on any atom is -0.339 e. The van der Waals surface area contributed by atoms with Gasteiger partial charge in [-0.2, -0.15) is 0 Å². The third-order valence-corrected chi connectivity index (χ3v) is 4.82. The zero-order valence-corrected chi connectivity index (χ0v) is 11.2. The summed E-state index contributed by atoms with van der Waals surface area (Å²) >= 11 is 0. The highest BCUT2D eigenvalue weighted by Gasteiger charge is 2.35. The highest BCUT2D eigenvalue weighted by atomic mass is 16.2. The van der Waals surface area contributed by atoms with Crippen molar-refractivity contribution in [3.63, 3.8) is 0 Å². The van der Waals surface area contributed by atoms with E-state index in [0.29, 0.717) is 17.9 Å². The Morgan fingerprint density at radius 3 is 2.44 bits per heavy atom. The summed E-state index contributed by atoms with van der Waals surface area (Å²) in [6, 6.07) is 0.639. The Hall–Kier alpha value is -0.610. The van der Waals surface area contributed by atoms with Crippen LogP contribution in [0.15, 0.2) is 0 Å². The first-order valence-corrected chi connectivity index (χ1v) is 7.55. The standard InChI is InChI=1S/C14H25N3O/c18-14(9-12-3-1-2-4-12)17-10-13(11-17)16-7-5-15-6-8-16/h12-13,15H,1-11H2. The lowest BCUT2D eigenvalue weighted by Crippen LogP contribution is -2.64. The number of likely N-dealkylation sites (tertiary alicyclic amines) is 1. The van der Waals surface area contributed by atoms with E-state index < -0.39 is 0 Å². The average molecular weight is 251 g/mol. The van der Waals surface area contributed by atoms with E-state index in [4.69, 9.17) is 0 Å². The fourth-order valence-corrected chi connectivity index (χ4v) is 3.53. The van der Waals surface area contributed by atoms with E-state index in [1.54, 1.807) is 0 Å². The molecule has 0 aromatic heterocycles. The molecule has 3 aliphatic rings. The molecular weight excluding hydrogens is 226 g/mol. The first kappa shape index (κ1) is 12.4. The van der Waals surface area contributed by atoms with Gasteiger partial charge in [-0.05, 0) is 18.8 Å². The van der Waals surface area contributed by atoms with Crippen LogP contribution in [-0.2, 0) is 4.79 Å². The first-order chi connectivity index (χ1) is 8.83. The molecule has 0 aromatic carbocycles. The van der Waals surface area contributed by atoms with E-state index in [9.17, 15) is 4.79 Å². The highest BCUT2D eigenvalue weighted by Crippen LogP contribution is 2.29. The maximum atomic E-state index is 12.1. The van der Waals surface area contributed by atoms with Crippen LogP contribution in [0.2, 0.25) is 0 Å². The number of nitrogens with one attached hydrogen (secondary N) is 1. The Bertz CT molecular complexity index is 289. The molecule has 2 aliphatic heterocycles. The molecule has 0 unspecified atom stereocenters. The Morgan fingerprint density at radius 1 is 1.11 bits per heavy atom. The van der Waals surface area contributed by atoms with Crippen molar-refractivity contribution in [2.24, 2.45) is 5.92 Å². The van der Waals surface area contributed by atoms with Gasteiger partial charge < -0.3 is 10.2 Å². The van der Waals surface area contributed by atoms with Gasteiger partial charge in [0.25, 0.3) is 0 Å². The van der Waals surface area contributed by atoms with Gasteiger partial charge in [0.2, 0.25) is 5.91 Å². The average Bonchev–Trinajstić information content (AvgIpc) is 2.81. The largest absolute Gasteiger partial charge is 0.339 e. The molecule has 18 heavy (non-hydrogen) atoms. The predicted octanol–water partition coefficient (Wildman–Crippen LogP) is 0.683. The lowest BCUT2D eigenvalue weighted by Gasteiger charge is -2.47. The molecule has 0 spiro atoms. The van der Waals surface area contributed by atoms with E-state index in [2.05, 4.69) is 15.1 Å². The molecule has 2 saturated heterocycles. The number of rotatable bonds is 3. The number of piperazine rings is 1. The molecule has 1 amide bonds. The smallest absolute Gasteiger partial charge is 0.222 e. The van der Waals surface area contributed by atoms with Crippen molar-refractivity contribution in [2.45, 2.75) is 38.1 Å². The van der Waals surface area contributed by atoms with Gasteiger partial charge in [-0.3, -0.25) is 9.69 Å². The van der Waals surface area contributed by atoms with Crippen LogP contribution in [0.5, 0.6) is 0 Å². The van der Waals surface area contributed by atoms with Gasteiger partial charge in [-0.25, -0.2) is 0 Å². The molecule has 2 heterocycles. The summed E-state index contributed by atoms with van der Waals surface area (Å²) in [5.74, 6) is 1.10. The lowest BCUT2D eigenvalue weighted by atomic mass is 10.00. The van der Waals surface area contributed by atoms with E-state index in [1.807, 2.05) is 0 Å². The fourth-order valence-electron chi connectivity index (χ4n) is 3.53. The van der Waals surface area contributed by atoms with Crippen molar-refractivity contribution in [3.05, 3.63) is 0 Å². The molecular formula is C14H25N3O. The van der Waals surface area contributed by atoms with Gasteiger partial charge in [-0.15, -0.1) is 0 Å². The Kier molecular flexibility index (Phi) is 3.85. The number of nitrogens with zero attached hydrogens (tertiary/aromatic N) is 2. The number of amides is 1. The highest BCUT2D eigenvalue weighted by molar-refractivity contribution is 5.77. The molecule has 0 atom stereocenters. The van der Waals surface area contributed by atoms with Crippen LogP contribution in [-0.4, -0.2) is 61.0 Å². The van der Waals surface area contributed by atoms with Crippen LogP contribution in [0.3, 0.4) is 0 Å². The zero-order valence-electron chi connectivity index (χ0n) is 11.2. The maximum Gasteiger partial charge on any atom is 0.222 e. The molecule has 4 heteroatoms. The molecule has 4 nitrogen and oxygen atoms in total. The SMILES string of the molecule is O=C(CC1CCCC1)N1CC(N2CCNCC2)C1. The fraction of sp³-hybridized carbons (Fsp3) is 0.929. The summed E-state index contributed by atoms with van der Waals surface area (Å²) in [5, 5.41) is 3.38. The lowest BCUT2D eigenvalue weighted by molar-refractivity contribution is -0.139. The van der Waals surface area contributed by atoms with Crippen molar-refractivity contribution in [3.8, 4) is 0 Å². The monoisotopic (exact) mass is 251 g/mol. The Labute approximate surface area is 110 Å². The third-order valence-electron chi connectivity index (χ3n) is 4.82. The summed E-state index contributed by atoms with van der Waals surface area (Å²) < 4.78 is 0. The van der Waals surface area contributed by atoms with E-state index in [-0.39, 0.29) is 0 Å². The number of carbonyl (C=O) groups is 1. The third kappa shape index (κ3) is 2.69. The van der Waals surface area contributed by atoms with E-state index in [1.165, 1.54) is 25.7 Å². The van der Waals surface area contributed by atoms with E-state index in [0.717, 1.165) is 45.7 Å². The van der Waals surface area contributed by atoms with Crippen molar-refractivity contribution < 1.29 is 4.79 Å². The quantitative estimate of drug-likeness (QED) is 0.801. The topological polar surface area (TPSA) is 35.6 Å². The van der Waals surface area contributed by atoms with Gasteiger partial charge >= 0.3 is 0 Å². The number of hydrogen-bond donors (Lipinski definition) is 1. The molecule has 0 aromatic rings. The minimum atomic E-state index is 0.410. The minimum absolute atomic E-state index is 0.410. The second-order valence-electron chi connectivity index (χ2n) is 6.09. The zero-order chi connectivity index (χ0) is 12.4. The second kappa shape index (κ2) is 5.57. The molecule has 0 bridgehead atoms. The predicted molar refractivity (Wildman–Crippen MR) is 71.4 cm³/mol. The van der Waals surface area contributed by atoms with Gasteiger partial charge in [0, 0.05) is 51.7 Å². The van der Waals surface area contributed by atoms with Gasteiger partial charge in [0.1, 0.15) is 0 Å². The number of hydrogen-bond acceptors (Lipinski definition) is 3. The van der Waals surface area contributed by atoms with Crippen LogP contribution < -0.4 is 5.32 Å². The summed E-state index contributed by atoms with van der Waals surface area (Å²) in [6.45, 7) is 6.46. The van der Waals surface area contributed by atoms with Gasteiger partial charge in [0.15, 0.2) is 0 Å². The Balaban J connectivity index is 1.39. The van der Waals surface area contributed by atoms with E-state index >= 15 is 0 Å². The molecule has 1 saturated carbocycles. The summed E-state index contributed by atoms with van der Waals surface area (Å²) in [5.41, 5.74) is 0. The van der Waals surface area contributed by atoms with Crippen LogP contribution in [0.1, 0.15) is 32.1 Å². The summed E-state index contributed by atoms with van der Waals surface area (Å²) in [6.07, 6.45) is 6.04. The van der Waals surface area contributed by atoms with Crippen molar-refractivity contribution >= 4 is 5.91 Å². The number of carbonyl (C=O) groups excluding carboxylic acids is 1.